The van der Waals surface area contributed by atoms with E-state index in [0.29, 0.717) is 0 Å². The SMILES string of the molecule is [CH]1C=CC=C1P(c1ccccc1)c1ccccc1.[CH]1C=CC=C1P(c1ccccc1)c1ccccc1.[Cl-].[Cl-].[Cl-].[Cl-].[Fe].[Pd+2].[Pd+2]. The zero-order valence-electron chi connectivity index (χ0n) is 22.6. The molecule has 4 aromatic rings. The molecule has 0 fully saturated rings. The first-order valence-electron chi connectivity index (χ1n) is 12.1. The van der Waals surface area contributed by atoms with Crippen LogP contribution in [0, 0.1) is 12.8 Å². The maximum absolute atomic E-state index is 2.23. The van der Waals surface area contributed by atoms with E-state index in [-0.39, 0.29) is 108 Å². The minimum absolute atomic E-state index is 0. The Balaban J connectivity index is -0.000000640. The molecule has 0 N–H and O–H groups in total. The molecule has 0 spiro atoms. The molecule has 0 unspecified atom stereocenters. The third-order valence-electron chi connectivity index (χ3n) is 5.86. The fourth-order valence-corrected chi connectivity index (χ4v) is 8.84. The average molecular weight is 909 g/mol. The van der Waals surface area contributed by atoms with Crippen LogP contribution in [0.4, 0.5) is 0 Å². The maximum atomic E-state index is 2.23. The second-order valence-corrected chi connectivity index (χ2v) is 12.7. The van der Waals surface area contributed by atoms with Gasteiger partial charge in [-0.25, -0.2) is 0 Å². The van der Waals surface area contributed by atoms with Crippen molar-refractivity contribution in [2.45, 2.75) is 0 Å². The van der Waals surface area contributed by atoms with Crippen LogP contribution in [0.25, 0.3) is 0 Å². The molecule has 0 aromatic heterocycles. The molecular weight excluding hydrogens is 881 g/mol. The van der Waals surface area contributed by atoms with E-state index in [1.54, 1.807) is 0 Å². The van der Waals surface area contributed by atoms with Gasteiger partial charge in [0.05, 0.1) is 0 Å². The van der Waals surface area contributed by atoms with E-state index in [1.807, 2.05) is 0 Å². The molecule has 0 amide bonds. The second-order valence-electron chi connectivity index (χ2n) is 8.30. The van der Waals surface area contributed by atoms with Crippen LogP contribution < -0.4 is 70.8 Å². The van der Waals surface area contributed by atoms with Crippen LogP contribution in [0.15, 0.2) is 168 Å². The van der Waals surface area contributed by atoms with Gasteiger partial charge in [0.2, 0.25) is 0 Å². The van der Waals surface area contributed by atoms with Crippen molar-refractivity contribution in [3.8, 4) is 0 Å². The molecule has 0 nitrogen and oxygen atoms in total. The predicted molar refractivity (Wildman–Crippen MR) is 161 cm³/mol. The molecule has 230 valence electrons. The zero-order valence-corrected chi connectivity index (χ0v) is 31.6. The largest absolute Gasteiger partial charge is 2.00 e. The minimum atomic E-state index is -0.409. The van der Waals surface area contributed by atoms with Gasteiger partial charge < -0.3 is 49.6 Å². The summed E-state index contributed by atoms with van der Waals surface area (Å²) in [6, 6.07) is 43.1. The van der Waals surface area contributed by atoms with E-state index in [1.165, 1.54) is 31.8 Å². The molecule has 2 aliphatic rings. The van der Waals surface area contributed by atoms with Gasteiger partial charge in [0.25, 0.3) is 0 Å². The monoisotopic (exact) mass is 906 g/mol. The first kappa shape index (κ1) is 47.1. The Morgan fingerprint density at radius 3 is 0.744 bits per heavy atom. The van der Waals surface area contributed by atoms with Gasteiger partial charge in [0, 0.05) is 29.9 Å². The minimum Gasteiger partial charge on any atom is -1.00 e. The summed E-state index contributed by atoms with van der Waals surface area (Å²) in [7, 11) is -0.818. The number of allylic oxidation sites excluding steroid dienone is 8. The van der Waals surface area contributed by atoms with Crippen LogP contribution in [0.1, 0.15) is 0 Å². The van der Waals surface area contributed by atoms with Crippen molar-refractivity contribution in [2.75, 3.05) is 0 Å². The van der Waals surface area contributed by atoms with Crippen molar-refractivity contribution in [1.29, 1.82) is 0 Å². The Kier molecular flexibility index (Phi) is 28.3. The Bertz CT molecular complexity index is 1200. The third kappa shape index (κ3) is 13.5. The standard InChI is InChI=1S/2C17H14P.4ClH.Fe.2Pd/c2*1-3-9-15(10-4-1)18(17-13-7-8-14-17)16-11-5-2-6-12-16;;;;;;;/h2*1-14H;4*1H;;;/q;;;;;;;2*+2/p-4. The molecule has 2 aliphatic carbocycles. The summed E-state index contributed by atoms with van der Waals surface area (Å²) in [4.78, 5) is 0. The van der Waals surface area contributed by atoms with Crippen molar-refractivity contribution >= 4 is 37.1 Å². The number of halogens is 4. The molecule has 43 heavy (non-hydrogen) atoms. The average Bonchev–Trinajstić information content (AvgIpc) is 3.68. The maximum Gasteiger partial charge on any atom is 2.00 e. The van der Waals surface area contributed by atoms with E-state index in [4.69, 9.17) is 0 Å². The van der Waals surface area contributed by atoms with Crippen LogP contribution in [-0.2, 0) is 57.9 Å². The summed E-state index contributed by atoms with van der Waals surface area (Å²) in [5.74, 6) is 0. The van der Waals surface area contributed by atoms with E-state index in [2.05, 4.69) is 171 Å². The molecule has 6 rings (SSSR count). The van der Waals surface area contributed by atoms with Crippen LogP contribution in [0.2, 0.25) is 0 Å². The normalized spacial score (nSPS) is 11.7. The molecule has 0 saturated carbocycles. The van der Waals surface area contributed by atoms with Gasteiger partial charge in [-0.3, -0.25) is 0 Å². The van der Waals surface area contributed by atoms with Gasteiger partial charge in [0.15, 0.2) is 0 Å². The van der Waals surface area contributed by atoms with Crippen molar-refractivity contribution in [3.05, 3.63) is 181 Å². The summed E-state index contributed by atoms with van der Waals surface area (Å²) in [6.07, 6.45) is 17.4. The van der Waals surface area contributed by atoms with E-state index in [0.717, 1.165) is 0 Å². The summed E-state index contributed by atoms with van der Waals surface area (Å²) in [6.45, 7) is 0. The fourth-order valence-electron chi connectivity index (χ4n) is 4.23. The van der Waals surface area contributed by atoms with Crippen LogP contribution in [0.3, 0.4) is 0 Å². The van der Waals surface area contributed by atoms with E-state index >= 15 is 0 Å². The molecule has 0 atom stereocenters. The van der Waals surface area contributed by atoms with E-state index < -0.39 is 15.8 Å². The van der Waals surface area contributed by atoms with Crippen LogP contribution in [0.5, 0.6) is 0 Å². The molecule has 0 heterocycles. The molecule has 4 aromatic carbocycles. The van der Waals surface area contributed by atoms with Crippen molar-refractivity contribution in [2.24, 2.45) is 0 Å². The molecule has 0 saturated heterocycles. The van der Waals surface area contributed by atoms with Crippen molar-refractivity contribution in [3.63, 3.8) is 0 Å². The number of rotatable bonds is 6. The Morgan fingerprint density at radius 1 is 0.326 bits per heavy atom. The molecule has 0 bridgehead atoms. The smallest absolute Gasteiger partial charge is 1.00 e. The first-order valence-corrected chi connectivity index (χ1v) is 14.8. The Hall–Kier alpha value is -0.296. The quantitative estimate of drug-likeness (QED) is 0.136. The van der Waals surface area contributed by atoms with Gasteiger partial charge >= 0.3 is 40.8 Å². The second kappa shape index (κ2) is 25.8. The first-order chi connectivity index (χ1) is 17.9. The van der Waals surface area contributed by atoms with E-state index in [9.17, 15) is 0 Å². The summed E-state index contributed by atoms with van der Waals surface area (Å²) >= 11 is 0. The Morgan fingerprint density at radius 2 is 0.558 bits per heavy atom. The Labute approximate surface area is 322 Å². The number of benzene rings is 4. The van der Waals surface area contributed by atoms with Gasteiger partial charge in [-0.05, 0) is 47.7 Å². The predicted octanol–water partition coefficient (Wildman–Crippen LogP) is -4.44. The number of hydrogen-bond acceptors (Lipinski definition) is 0. The topological polar surface area (TPSA) is 0 Å². The molecular formula is C34H28Cl4FeP2Pd2. The van der Waals surface area contributed by atoms with Gasteiger partial charge in [-0.1, -0.05) is 158 Å². The van der Waals surface area contributed by atoms with Crippen LogP contribution in [-0.4, -0.2) is 0 Å². The van der Waals surface area contributed by atoms with Gasteiger partial charge in [-0.2, -0.15) is 0 Å². The summed E-state index contributed by atoms with van der Waals surface area (Å²) in [5.41, 5.74) is 0. The van der Waals surface area contributed by atoms with Crippen molar-refractivity contribution in [1.82, 2.24) is 0 Å². The third-order valence-corrected chi connectivity index (χ3v) is 10.8. The fraction of sp³-hybridized carbons (Fsp3) is 0. The summed E-state index contributed by atoms with van der Waals surface area (Å²) < 4.78 is 0. The van der Waals surface area contributed by atoms with Gasteiger partial charge in [0.1, 0.15) is 0 Å². The molecule has 2 radical (unpaired) electrons. The van der Waals surface area contributed by atoms with Gasteiger partial charge in [-0.15, -0.1) is 0 Å². The van der Waals surface area contributed by atoms with Crippen molar-refractivity contribution < 1.29 is 108 Å². The molecule has 9 heteroatoms. The van der Waals surface area contributed by atoms with Crippen LogP contribution >= 0.6 is 15.8 Å². The number of hydrogen-bond donors (Lipinski definition) is 0. The summed E-state index contributed by atoms with van der Waals surface area (Å²) in [5, 5.41) is 8.47. The zero-order chi connectivity index (χ0) is 24.4. The molecule has 0 aliphatic heterocycles.